The third-order valence-corrected chi connectivity index (χ3v) is 4.39. The monoisotopic (exact) mass is 265 g/mol. The molecule has 2 heterocycles. The van der Waals surface area contributed by atoms with Crippen LogP contribution in [0.2, 0.25) is 0 Å². The molecule has 0 unspecified atom stereocenters. The quantitative estimate of drug-likeness (QED) is 0.854. The SMILES string of the molecule is CCC(C)(C)c1nc(N2CCC(CNC)CC2)n[nH]1. The minimum atomic E-state index is 0.0791. The summed E-state index contributed by atoms with van der Waals surface area (Å²) in [6.45, 7) is 9.85. The first-order valence-electron chi connectivity index (χ1n) is 7.39. The van der Waals surface area contributed by atoms with Gasteiger partial charge in [-0.05, 0) is 38.8 Å². The van der Waals surface area contributed by atoms with Crippen molar-refractivity contribution < 1.29 is 0 Å². The summed E-state index contributed by atoms with van der Waals surface area (Å²) >= 11 is 0. The Morgan fingerprint density at radius 1 is 1.37 bits per heavy atom. The number of anilines is 1. The van der Waals surface area contributed by atoms with Crippen molar-refractivity contribution >= 4 is 5.95 Å². The second-order valence-corrected chi connectivity index (χ2v) is 6.21. The molecule has 0 aliphatic carbocycles. The molecule has 5 heteroatoms. The largest absolute Gasteiger partial charge is 0.340 e. The van der Waals surface area contributed by atoms with Crippen LogP contribution in [0.3, 0.4) is 0 Å². The zero-order valence-electron chi connectivity index (χ0n) is 12.7. The molecule has 1 aliphatic heterocycles. The van der Waals surface area contributed by atoms with Gasteiger partial charge < -0.3 is 10.2 Å². The van der Waals surface area contributed by atoms with Crippen molar-refractivity contribution in [3.63, 3.8) is 0 Å². The molecule has 0 aromatic carbocycles. The van der Waals surface area contributed by atoms with E-state index in [1.54, 1.807) is 0 Å². The van der Waals surface area contributed by atoms with Gasteiger partial charge in [0.15, 0.2) is 0 Å². The summed E-state index contributed by atoms with van der Waals surface area (Å²) < 4.78 is 0. The maximum Gasteiger partial charge on any atom is 0.244 e. The summed E-state index contributed by atoms with van der Waals surface area (Å²) in [6, 6.07) is 0. The number of nitrogens with zero attached hydrogens (tertiary/aromatic N) is 3. The van der Waals surface area contributed by atoms with Crippen LogP contribution in [0.4, 0.5) is 5.95 Å². The molecule has 0 spiro atoms. The van der Waals surface area contributed by atoms with E-state index in [-0.39, 0.29) is 5.41 Å². The Labute approximate surface area is 116 Å². The molecule has 2 rings (SSSR count). The van der Waals surface area contributed by atoms with Crippen molar-refractivity contribution in [2.45, 2.75) is 45.4 Å². The lowest BCUT2D eigenvalue weighted by atomic mass is 9.90. The van der Waals surface area contributed by atoms with Crippen LogP contribution in [0.25, 0.3) is 0 Å². The van der Waals surface area contributed by atoms with Gasteiger partial charge in [-0.1, -0.05) is 20.8 Å². The highest BCUT2D eigenvalue weighted by molar-refractivity contribution is 5.30. The zero-order chi connectivity index (χ0) is 13.9. The predicted octanol–water partition coefficient (Wildman–Crippen LogP) is 1.93. The topological polar surface area (TPSA) is 56.8 Å². The second-order valence-electron chi connectivity index (χ2n) is 6.21. The van der Waals surface area contributed by atoms with E-state index >= 15 is 0 Å². The van der Waals surface area contributed by atoms with Crippen molar-refractivity contribution in [1.82, 2.24) is 20.5 Å². The molecule has 2 N–H and O–H groups in total. The minimum absolute atomic E-state index is 0.0791. The van der Waals surface area contributed by atoms with E-state index in [1.807, 2.05) is 7.05 Å². The number of H-pyrrole nitrogens is 1. The van der Waals surface area contributed by atoms with Crippen LogP contribution >= 0.6 is 0 Å². The summed E-state index contributed by atoms with van der Waals surface area (Å²) in [5.74, 6) is 2.67. The number of aromatic amines is 1. The zero-order valence-corrected chi connectivity index (χ0v) is 12.7. The van der Waals surface area contributed by atoms with E-state index in [2.05, 4.69) is 41.2 Å². The number of rotatable bonds is 5. The minimum Gasteiger partial charge on any atom is -0.340 e. The van der Waals surface area contributed by atoms with E-state index in [1.165, 1.54) is 12.8 Å². The van der Waals surface area contributed by atoms with Gasteiger partial charge in [-0.15, -0.1) is 5.10 Å². The van der Waals surface area contributed by atoms with E-state index < -0.39 is 0 Å². The van der Waals surface area contributed by atoms with E-state index in [0.29, 0.717) is 0 Å². The molecule has 5 nitrogen and oxygen atoms in total. The number of hydrogen-bond donors (Lipinski definition) is 2. The summed E-state index contributed by atoms with van der Waals surface area (Å²) in [4.78, 5) is 6.99. The molecule has 0 saturated carbocycles. The van der Waals surface area contributed by atoms with Gasteiger partial charge in [0.1, 0.15) is 5.82 Å². The van der Waals surface area contributed by atoms with Gasteiger partial charge in [-0.3, -0.25) is 5.10 Å². The summed E-state index contributed by atoms with van der Waals surface area (Å²) in [7, 11) is 2.03. The molecule has 19 heavy (non-hydrogen) atoms. The van der Waals surface area contributed by atoms with E-state index in [9.17, 15) is 0 Å². The van der Waals surface area contributed by atoms with Crippen molar-refractivity contribution in [3.8, 4) is 0 Å². The Hall–Kier alpha value is -1.10. The highest BCUT2D eigenvalue weighted by Gasteiger charge is 2.26. The van der Waals surface area contributed by atoms with Crippen molar-refractivity contribution in [1.29, 1.82) is 0 Å². The standard InChI is InChI=1S/C14H27N5/c1-5-14(2,3)12-16-13(18-17-12)19-8-6-11(7-9-19)10-15-4/h11,15H,5-10H2,1-4H3,(H,16,17,18). The van der Waals surface area contributed by atoms with Crippen LogP contribution in [-0.2, 0) is 5.41 Å². The first-order valence-corrected chi connectivity index (χ1v) is 7.39. The molecule has 108 valence electrons. The fraction of sp³-hybridized carbons (Fsp3) is 0.857. The van der Waals surface area contributed by atoms with Crippen molar-refractivity contribution in [3.05, 3.63) is 5.82 Å². The molecular weight excluding hydrogens is 238 g/mol. The van der Waals surface area contributed by atoms with Crippen molar-refractivity contribution in [2.75, 3.05) is 31.6 Å². The molecule has 1 fully saturated rings. The molecule has 1 saturated heterocycles. The number of aromatic nitrogens is 3. The second kappa shape index (κ2) is 5.90. The smallest absolute Gasteiger partial charge is 0.244 e. The maximum absolute atomic E-state index is 4.69. The van der Waals surface area contributed by atoms with Crippen LogP contribution < -0.4 is 10.2 Å². The third-order valence-electron chi connectivity index (χ3n) is 4.39. The Bertz CT molecular complexity index is 390. The lowest BCUT2D eigenvalue weighted by Crippen LogP contribution is -2.37. The van der Waals surface area contributed by atoms with Crippen LogP contribution in [-0.4, -0.2) is 41.9 Å². The summed E-state index contributed by atoms with van der Waals surface area (Å²) in [6.07, 6.45) is 3.51. The molecule has 0 radical (unpaired) electrons. The van der Waals surface area contributed by atoms with Gasteiger partial charge in [0.2, 0.25) is 5.95 Å². The maximum atomic E-state index is 4.69. The number of nitrogens with one attached hydrogen (secondary N) is 2. The van der Waals surface area contributed by atoms with Gasteiger partial charge in [-0.2, -0.15) is 4.98 Å². The normalized spacial score (nSPS) is 18.0. The van der Waals surface area contributed by atoms with Crippen LogP contribution in [0.5, 0.6) is 0 Å². The number of hydrogen-bond acceptors (Lipinski definition) is 4. The predicted molar refractivity (Wildman–Crippen MR) is 78.6 cm³/mol. The molecule has 1 aromatic rings. The highest BCUT2D eigenvalue weighted by atomic mass is 15.4. The molecule has 0 amide bonds. The highest BCUT2D eigenvalue weighted by Crippen LogP contribution is 2.26. The number of piperidine rings is 1. The molecular formula is C14H27N5. The van der Waals surface area contributed by atoms with Crippen LogP contribution in [0, 0.1) is 5.92 Å². The van der Waals surface area contributed by atoms with Gasteiger partial charge >= 0.3 is 0 Å². The summed E-state index contributed by atoms with van der Waals surface area (Å²) in [5.41, 5.74) is 0.0791. The molecule has 0 atom stereocenters. The van der Waals surface area contributed by atoms with Crippen LogP contribution in [0.15, 0.2) is 0 Å². The first-order chi connectivity index (χ1) is 9.06. The Kier molecular flexibility index (Phi) is 4.45. The Balaban J connectivity index is 1.97. The lowest BCUT2D eigenvalue weighted by Gasteiger charge is -2.31. The van der Waals surface area contributed by atoms with Crippen LogP contribution in [0.1, 0.15) is 45.9 Å². The Morgan fingerprint density at radius 3 is 2.63 bits per heavy atom. The average Bonchev–Trinajstić information content (AvgIpc) is 2.90. The average molecular weight is 265 g/mol. The van der Waals surface area contributed by atoms with Gasteiger partial charge in [0, 0.05) is 18.5 Å². The van der Waals surface area contributed by atoms with E-state index in [4.69, 9.17) is 4.98 Å². The third kappa shape index (κ3) is 3.26. The fourth-order valence-corrected chi connectivity index (χ4v) is 2.49. The molecule has 1 aromatic heterocycles. The fourth-order valence-electron chi connectivity index (χ4n) is 2.49. The first kappa shape index (κ1) is 14.3. The molecule has 1 aliphatic rings. The van der Waals surface area contributed by atoms with Gasteiger partial charge in [0.25, 0.3) is 0 Å². The van der Waals surface area contributed by atoms with Gasteiger partial charge in [0.05, 0.1) is 0 Å². The Morgan fingerprint density at radius 2 is 2.05 bits per heavy atom. The summed E-state index contributed by atoms with van der Waals surface area (Å²) in [5, 5.41) is 10.8. The van der Waals surface area contributed by atoms with Gasteiger partial charge in [-0.25, -0.2) is 0 Å². The van der Waals surface area contributed by atoms with Crippen molar-refractivity contribution in [2.24, 2.45) is 5.92 Å². The lowest BCUT2D eigenvalue weighted by molar-refractivity contribution is 0.391. The van der Waals surface area contributed by atoms with E-state index in [0.717, 1.165) is 43.7 Å². The molecule has 0 bridgehead atoms.